The van der Waals surface area contributed by atoms with Gasteiger partial charge in [0.1, 0.15) is 11.6 Å². The van der Waals surface area contributed by atoms with Crippen LogP contribution in [0.15, 0.2) is 48.5 Å². The highest BCUT2D eigenvalue weighted by Crippen LogP contribution is 2.26. The maximum Gasteiger partial charge on any atom is 0.248 e. The standard InChI is InChI=1S/C22H24N4O2/c1-14(2)21-24-22(26-25-21)17-7-5-6-8-18(17)23-20(27)12-10-16-13-15(3)9-11-19(16)28-4/h5-14H,1-4H3,(H,23,27)(H,24,25,26)/b12-10-. The fourth-order valence-corrected chi connectivity index (χ4v) is 2.76. The summed E-state index contributed by atoms with van der Waals surface area (Å²) in [6.07, 6.45) is 3.24. The van der Waals surface area contributed by atoms with Gasteiger partial charge in [-0.25, -0.2) is 4.98 Å². The number of hydrogen-bond donors (Lipinski definition) is 2. The number of amides is 1. The number of hydrogen-bond acceptors (Lipinski definition) is 4. The van der Waals surface area contributed by atoms with E-state index in [2.05, 4.69) is 20.5 Å². The molecule has 0 atom stereocenters. The number of methoxy groups -OCH3 is 1. The lowest BCUT2D eigenvalue weighted by molar-refractivity contribution is -0.111. The molecule has 144 valence electrons. The highest BCUT2D eigenvalue weighted by Gasteiger charge is 2.13. The Morgan fingerprint density at radius 1 is 1.21 bits per heavy atom. The number of carbonyl (C=O) groups is 1. The molecule has 0 aliphatic carbocycles. The van der Waals surface area contributed by atoms with E-state index in [1.165, 1.54) is 6.08 Å². The molecule has 0 fully saturated rings. The van der Waals surface area contributed by atoms with Gasteiger partial charge in [0.2, 0.25) is 5.91 Å². The zero-order chi connectivity index (χ0) is 20.1. The van der Waals surface area contributed by atoms with Gasteiger partial charge in [-0.05, 0) is 37.3 Å². The van der Waals surface area contributed by atoms with Gasteiger partial charge < -0.3 is 10.1 Å². The molecule has 2 N–H and O–H groups in total. The molecule has 1 amide bonds. The maximum absolute atomic E-state index is 12.5. The molecule has 28 heavy (non-hydrogen) atoms. The molecule has 0 bridgehead atoms. The van der Waals surface area contributed by atoms with Crippen LogP contribution in [0.25, 0.3) is 17.5 Å². The predicted molar refractivity (Wildman–Crippen MR) is 111 cm³/mol. The molecule has 0 radical (unpaired) electrons. The Balaban J connectivity index is 1.80. The molecule has 0 saturated carbocycles. The number of benzene rings is 2. The maximum atomic E-state index is 12.5. The normalized spacial score (nSPS) is 11.2. The van der Waals surface area contributed by atoms with Crippen molar-refractivity contribution in [3.63, 3.8) is 0 Å². The summed E-state index contributed by atoms with van der Waals surface area (Å²) < 4.78 is 5.35. The first kappa shape index (κ1) is 19.4. The van der Waals surface area contributed by atoms with Gasteiger partial charge in [0.15, 0.2) is 5.82 Å². The molecule has 2 aromatic carbocycles. The number of anilines is 1. The van der Waals surface area contributed by atoms with Gasteiger partial charge in [0, 0.05) is 23.1 Å². The topological polar surface area (TPSA) is 79.9 Å². The molecular weight excluding hydrogens is 352 g/mol. The highest BCUT2D eigenvalue weighted by molar-refractivity contribution is 6.04. The van der Waals surface area contributed by atoms with Gasteiger partial charge in [-0.15, -0.1) is 0 Å². The molecule has 1 heterocycles. The number of carbonyl (C=O) groups excluding carboxylic acids is 1. The number of aromatic amines is 1. The molecule has 0 unspecified atom stereocenters. The zero-order valence-electron chi connectivity index (χ0n) is 16.5. The first-order valence-corrected chi connectivity index (χ1v) is 9.13. The SMILES string of the molecule is COc1ccc(C)cc1/C=C\C(=O)Nc1ccccc1-c1n[nH]c(C(C)C)n1. The average Bonchev–Trinajstić information content (AvgIpc) is 3.17. The van der Waals surface area contributed by atoms with Gasteiger partial charge >= 0.3 is 0 Å². The number of H-pyrrole nitrogens is 1. The number of para-hydroxylation sites is 1. The van der Waals surface area contributed by atoms with Gasteiger partial charge in [0.05, 0.1) is 12.8 Å². The van der Waals surface area contributed by atoms with E-state index < -0.39 is 0 Å². The van der Waals surface area contributed by atoms with Crippen LogP contribution in [0.4, 0.5) is 5.69 Å². The summed E-state index contributed by atoms with van der Waals surface area (Å²) in [4.78, 5) is 17.0. The van der Waals surface area contributed by atoms with E-state index in [4.69, 9.17) is 4.74 Å². The quantitative estimate of drug-likeness (QED) is 0.618. The molecule has 1 aromatic heterocycles. The number of rotatable bonds is 6. The predicted octanol–water partition coefficient (Wildman–Crippen LogP) is 4.56. The van der Waals surface area contributed by atoms with Crippen LogP contribution in [0.5, 0.6) is 5.75 Å². The van der Waals surface area contributed by atoms with Crippen molar-refractivity contribution in [3.8, 4) is 17.1 Å². The second-order valence-electron chi connectivity index (χ2n) is 6.81. The number of nitrogens with one attached hydrogen (secondary N) is 2. The largest absolute Gasteiger partial charge is 0.496 e. The third-order valence-electron chi connectivity index (χ3n) is 4.27. The van der Waals surface area contributed by atoms with Crippen molar-refractivity contribution in [2.24, 2.45) is 0 Å². The zero-order valence-corrected chi connectivity index (χ0v) is 16.5. The minimum atomic E-state index is -0.240. The lowest BCUT2D eigenvalue weighted by atomic mass is 10.1. The Bertz CT molecular complexity index is 1010. The van der Waals surface area contributed by atoms with Gasteiger partial charge in [0.25, 0.3) is 0 Å². The first-order valence-electron chi connectivity index (χ1n) is 9.13. The van der Waals surface area contributed by atoms with Crippen LogP contribution >= 0.6 is 0 Å². The van der Waals surface area contributed by atoms with Crippen LogP contribution in [0, 0.1) is 6.92 Å². The van der Waals surface area contributed by atoms with Crippen molar-refractivity contribution < 1.29 is 9.53 Å². The number of nitrogens with zero attached hydrogens (tertiary/aromatic N) is 2. The van der Waals surface area contributed by atoms with E-state index in [-0.39, 0.29) is 11.8 Å². The monoisotopic (exact) mass is 376 g/mol. The molecule has 0 spiro atoms. The Morgan fingerprint density at radius 3 is 2.71 bits per heavy atom. The molecule has 3 aromatic rings. The Labute approximate surface area is 164 Å². The van der Waals surface area contributed by atoms with Crippen molar-refractivity contribution in [2.75, 3.05) is 12.4 Å². The molecule has 3 rings (SSSR count). The van der Waals surface area contributed by atoms with Crippen LogP contribution in [0.3, 0.4) is 0 Å². The summed E-state index contributed by atoms with van der Waals surface area (Å²) >= 11 is 0. The third kappa shape index (κ3) is 4.46. The van der Waals surface area contributed by atoms with E-state index in [0.717, 1.165) is 28.3 Å². The fraction of sp³-hybridized carbons (Fsp3) is 0.227. The summed E-state index contributed by atoms with van der Waals surface area (Å²) in [6.45, 7) is 6.08. The molecule has 0 aliphatic rings. The van der Waals surface area contributed by atoms with E-state index in [1.807, 2.05) is 63.2 Å². The number of aryl methyl sites for hydroxylation is 1. The highest BCUT2D eigenvalue weighted by atomic mass is 16.5. The second-order valence-corrected chi connectivity index (χ2v) is 6.81. The average molecular weight is 376 g/mol. The van der Waals surface area contributed by atoms with Gasteiger partial charge in [-0.2, -0.15) is 5.10 Å². The van der Waals surface area contributed by atoms with Crippen molar-refractivity contribution in [3.05, 3.63) is 65.5 Å². The minimum absolute atomic E-state index is 0.240. The van der Waals surface area contributed by atoms with Crippen LogP contribution < -0.4 is 10.1 Å². The first-order chi connectivity index (χ1) is 13.5. The van der Waals surface area contributed by atoms with E-state index in [1.54, 1.807) is 13.2 Å². The van der Waals surface area contributed by atoms with Crippen LogP contribution in [0.2, 0.25) is 0 Å². The fourth-order valence-electron chi connectivity index (χ4n) is 2.76. The summed E-state index contributed by atoms with van der Waals surface area (Å²) in [6, 6.07) is 13.3. The van der Waals surface area contributed by atoms with Crippen molar-refractivity contribution in [1.29, 1.82) is 0 Å². The Kier molecular flexibility index (Phi) is 5.89. The number of aromatic nitrogens is 3. The summed E-state index contributed by atoms with van der Waals surface area (Å²) in [5, 5.41) is 10.1. The minimum Gasteiger partial charge on any atom is -0.496 e. The van der Waals surface area contributed by atoms with E-state index in [0.29, 0.717) is 11.5 Å². The molecule has 6 nitrogen and oxygen atoms in total. The lowest BCUT2D eigenvalue weighted by Gasteiger charge is -2.08. The third-order valence-corrected chi connectivity index (χ3v) is 4.27. The molecule has 6 heteroatoms. The Hall–Kier alpha value is -3.41. The van der Waals surface area contributed by atoms with Crippen LogP contribution in [-0.2, 0) is 4.79 Å². The molecule has 0 saturated heterocycles. The smallest absolute Gasteiger partial charge is 0.248 e. The van der Waals surface area contributed by atoms with E-state index >= 15 is 0 Å². The molecular formula is C22H24N4O2. The van der Waals surface area contributed by atoms with Crippen LogP contribution in [-0.4, -0.2) is 28.2 Å². The lowest BCUT2D eigenvalue weighted by Crippen LogP contribution is -2.09. The van der Waals surface area contributed by atoms with Crippen molar-refractivity contribution >= 4 is 17.7 Å². The van der Waals surface area contributed by atoms with Crippen molar-refractivity contribution in [1.82, 2.24) is 15.2 Å². The summed E-state index contributed by atoms with van der Waals surface area (Å²) in [5.74, 6) is 2.09. The summed E-state index contributed by atoms with van der Waals surface area (Å²) in [7, 11) is 1.61. The number of ether oxygens (including phenoxy) is 1. The summed E-state index contributed by atoms with van der Waals surface area (Å²) in [5.41, 5.74) is 3.36. The Morgan fingerprint density at radius 2 is 2.00 bits per heavy atom. The van der Waals surface area contributed by atoms with Crippen LogP contribution in [0.1, 0.15) is 36.7 Å². The van der Waals surface area contributed by atoms with E-state index in [9.17, 15) is 4.79 Å². The van der Waals surface area contributed by atoms with Gasteiger partial charge in [-0.3, -0.25) is 9.89 Å². The van der Waals surface area contributed by atoms with Gasteiger partial charge in [-0.1, -0.05) is 37.6 Å². The second kappa shape index (κ2) is 8.52. The molecule has 0 aliphatic heterocycles. The van der Waals surface area contributed by atoms with Crippen molar-refractivity contribution in [2.45, 2.75) is 26.7 Å².